The maximum absolute atomic E-state index is 13.7. The van der Waals surface area contributed by atoms with Gasteiger partial charge in [-0.05, 0) is 76.9 Å². The van der Waals surface area contributed by atoms with Crippen LogP contribution in [0.1, 0.15) is 15.9 Å². The number of carbonyl (C=O) groups is 1. The van der Waals surface area contributed by atoms with Gasteiger partial charge in [0.1, 0.15) is 23.0 Å². The number of methoxy groups -OCH3 is 2. The third kappa shape index (κ3) is 6.78. The number of anilines is 2. The summed E-state index contributed by atoms with van der Waals surface area (Å²) in [6.07, 6.45) is 4.73. The molecule has 6 aromatic rings. The Kier molecular flexibility index (Phi) is 8.98. The highest BCUT2D eigenvalue weighted by atomic mass is 19.1. The second kappa shape index (κ2) is 13.6. The lowest BCUT2D eigenvalue weighted by Crippen LogP contribution is -2.24. The van der Waals surface area contributed by atoms with Gasteiger partial charge >= 0.3 is 0 Å². The first kappa shape index (κ1) is 31.7. The van der Waals surface area contributed by atoms with Gasteiger partial charge in [0.15, 0.2) is 11.5 Å². The Balaban J connectivity index is 1.28. The van der Waals surface area contributed by atoms with Crippen LogP contribution in [0.15, 0.2) is 120 Å². The van der Waals surface area contributed by atoms with Gasteiger partial charge in [0.25, 0.3) is 5.91 Å². The molecule has 0 atom stereocenters. The Morgan fingerprint density at radius 1 is 0.750 bits per heavy atom. The number of nitrogens with zero attached hydrogens (tertiary/aromatic N) is 2. The zero-order valence-corrected chi connectivity index (χ0v) is 26.0. The summed E-state index contributed by atoms with van der Waals surface area (Å²) in [6, 6.07) is 25.9. The number of hydrogen-bond acceptors (Lipinski definition) is 6. The Hall–Kier alpha value is -6.29. The van der Waals surface area contributed by atoms with Gasteiger partial charge in [-0.15, -0.1) is 0 Å². The number of halogens is 2. The number of amides is 1. The Morgan fingerprint density at radius 2 is 1.35 bits per heavy atom. The normalized spacial score (nSPS) is 10.8. The van der Waals surface area contributed by atoms with Crippen molar-refractivity contribution < 1.29 is 23.0 Å². The minimum absolute atomic E-state index is 0.112. The van der Waals surface area contributed by atoms with Gasteiger partial charge in [-0.2, -0.15) is 0 Å². The highest BCUT2D eigenvalue weighted by Gasteiger charge is 2.18. The number of rotatable bonds is 9. The number of ether oxygens (including phenoxy) is 2. The smallest absolute Gasteiger partial charge is 0.261 e. The van der Waals surface area contributed by atoms with Gasteiger partial charge in [-0.3, -0.25) is 9.59 Å². The molecule has 6 rings (SSSR count). The third-order valence-electron chi connectivity index (χ3n) is 7.85. The molecule has 8 nitrogen and oxygen atoms in total. The van der Waals surface area contributed by atoms with Crippen molar-refractivity contribution in [1.29, 1.82) is 0 Å². The van der Waals surface area contributed by atoms with E-state index in [0.29, 0.717) is 34.1 Å². The quantitative estimate of drug-likeness (QED) is 0.170. The topological polar surface area (TPSA) is 108 Å². The van der Waals surface area contributed by atoms with Crippen LogP contribution >= 0.6 is 0 Å². The lowest BCUT2D eigenvalue weighted by atomic mass is 10.0. The van der Waals surface area contributed by atoms with Crippen molar-refractivity contribution in [1.82, 2.24) is 9.55 Å². The van der Waals surface area contributed by atoms with Crippen molar-refractivity contribution in [2.24, 2.45) is 0 Å². The van der Waals surface area contributed by atoms with Crippen LogP contribution in [0.5, 0.6) is 11.5 Å². The van der Waals surface area contributed by atoms with Crippen LogP contribution in [0.25, 0.3) is 33.4 Å². The van der Waals surface area contributed by atoms with Gasteiger partial charge < -0.3 is 25.1 Å². The molecule has 0 saturated carbocycles. The van der Waals surface area contributed by atoms with E-state index >= 15 is 0 Å². The summed E-state index contributed by atoms with van der Waals surface area (Å²) in [5.74, 6) is 0.0705. The van der Waals surface area contributed by atoms with E-state index in [1.165, 1.54) is 42.6 Å². The number of nitrogen functional groups attached to an aromatic ring is 1. The van der Waals surface area contributed by atoms with E-state index in [-0.39, 0.29) is 23.5 Å². The molecule has 3 N–H and O–H groups in total. The minimum Gasteiger partial charge on any atom is -0.493 e. The molecule has 0 spiro atoms. The van der Waals surface area contributed by atoms with Crippen molar-refractivity contribution in [3.05, 3.63) is 149 Å². The lowest BCUT2D eigenvalue weighted by molar-refractivity contribution is 0.102. The summed E-state index contributed by atoms with van der Waals surface area (Å²) in [5.41, 5.74) is 10.6. The van der Waals surface area contributed by atoms with Gasteiger partial charge in [0, 0.05) is 47.5 Å². The molecule has 0 aliphatic carbocycles. The Morgan fingerprint density at radius 3 is 2.02 bits per heavy atom. The summed E-state index contributed by atoms with van der Waals surface area (Å²) in [7, 11) is 3.14. The molecule has 0 saturated heterocycles. The molecule has 0 fully saturated rings. The first-order valence-corrected chi connectivity index (χ1v) is 14.9. The van der Waals surface area contributed by atoms with Crippen molar-refractivity contribution in [2.45, 2.75) is 6.54 Å². The van der Waals surface area contributed by atoms with Crippen molar-refractivity contribution in [3.63, 3.8) is 0 Å². The number of hydrogen-bond donors (Lipinski definition) is 2. The average Bonchev–Trinajstić information content (AvgIpc) is 3.10. The van der Waals surface area contributed by atoms with Crippen LogP contribution in [0.3, 0.4) is 0 Å². The fraction of sp³-hybridized carbons (Fsp3) is 0.0789. The SMILES string of the molecule is COc1ccc(-c2cnc(N)c(-c3ccc(NC(=O)c4cn(Cc5ccc(F)cc5)cc(-c5ccc(F)cc5)c4=O)cc3)c2)cc1OC. The van der Waals surface area contributed by atoms with E-state index in [0.717, 1.165) is 22.3 Å². The highest BCUT2D eigenvalue weighted by molar-refractivity contribution is 6.04. The zero-order chi connectivity index (χ0) is 33.8. The molecule has 2 heterocycles. The molecule has 0 unspecified atom stereocenters. The number of aromatic nitrogens is 2. The predicted octanol–water partition coefficient (Wildman–Crippen LogP) is 7.42. The van der Waals surface area contributed by atoms with E-state index in [4.69, 9.17) is 15.2 Å². The summed E-state index contributed by atoms with van der Waals surface area (Å²) >= 11 is 0. The molecule has 10 heteroatoms. The summed E-state index contributed by atoms with van der Waals surface area (Å²) in [5, 5.41) is 2.80. The van der Waals surface area contributed by atoms with Crippen LogP contribution in [-0.4, -0.2) is 29.7 Å². The standard InChI is InChI=1S/C38H30F2N4O4/c1-47-34-16-9-26(18-35(34)48-2)27-17-31(37(41)42-19-27)24-7-14-30(15-8-24)43-38(46)33-22-44(20-23-3-10-28(39)11-4-23)21-32(36(33)45)25-5-12-29(40)13-6-25/h3-19,21-22H,20H2,1-2H3,(H2,41,42)(H,43,46). The molecule has 1 amide bonds. The predicted molar refractivity (Wildman–Crippen MR) is 182 cm³/mol. The van der Waals surface area contributed by atoms with Crippen LogP contribution in [0, 0.1) is 11.6 Å². The molecular weight excluding hydrogens is 614 g/mol. The molecule has 4 aromatic carbocycles. The first-order chi connectivity index (χ1) is 23.2. The van der Waals surface area contributed by atoms with Crippen LogP contribution in [0.2, 0.25) is 0 Å². The molecule has 0 radical (unpaired) electrons. The largest absolute Gasteiger partial charge is 0.493 e. The summed E-state index contributed by atoms with van der Waals surface area (Å²) in [6.45, 7) is 0.265. The fourth-order valence-electron chi connectivity index (χ4n) is 5.33. The molecule has 2 aromatic heterocycles. The van der Waals surface area contributed by atoms with E-state index in [9.17, 15) is 18.4 Å². The lowest BCUT2D eigenvalue weighted by Gasteiger charge is -2.14. The zero-order valence-electron chi connectivity index (χ0n) is 26.0. The second-order valence-corrected chi connectivity index (χ2v) is 11.0. The Labute approximate surface area is 275 Å². The van der Waals surface area contributed by atoms with Crippen LogP contribution < -0.4 is 26.0 Å². The van der Waals surface area contributed by atoms with E-state index in [2.05, 4.69) is 10.3 Å². The van der Waals surface area contributed by atoms with Crippen LogP contribution in [-0.2, 0) is 6.54 Å². The average molecular weight is 645 g/mol. The highest BCUT2D eigenvalue weighted by Crippen LogP contribution is 2.35. The fourth-order valence-corrected chi connectivity index (χ4v) is 5.33. The summed E-state index contributed by atoms with van der Waals surface area (Å²) < 4.78 is 39.6. The third-order valence-corrected chi connectivity index (χ3v) is 7.85. The van der Waals surface area contributed by atoms with Gasteiger partial charge in [-0.1, -0.05) is 42.5 Å². The minimum atomic E-state index is -0.624. The van der Waals surface area contributed by atoms with Crippen molar-refractivity contribution in [3.8, 4) is 44.9 Å². The maximum atomic E-state index is 13.7. The number of carbonyl (C=O) groups excluding carboxylic acids is 1. The van der Waals surface area contributed by atoms with Gasteiger partial charge in [-0.25, -0.2) is 13.8 Å². The first-order valence-electron chi connectivity index (χ1n) is 14.9. The molecule has 240 valence electrons. The van der Waals surface area contributed by atoms with Crippen molar-refractivity contribution >= 4 is 17.4 Å². The number of benzene rings is 4. The van der Waals surface area contributed by atoms with E-state index in [1.54, 1.807) is 67.6 Å². The molecular formula is C38H30F2N4O4. The van der Waals surface area contributed by atoms with Gasteiger partial charge in [0.2, 0.25) is 5.43 Å². The van der Waals surface area contributed by atoms with E-state index < -0.39 is 17.2 Å². The molecule has 0 aliphatic rings. The number of nitrogens with one attached hydrogen (secondary N) is 1. The van der Waals surface area contributed by atoms with Crippen molar-refractivity contribution in [2.75, 3.05) is 25.3 Å². The maximum Gasteiger partial charge on any atom is 0.261 e. The second-order valence-electron chi connectivity index (χ2n) is 11.0. The monoisotopic (exact) mass is 644 g/mol. The number of nitrogens with two attached hydrogens (primary N) is 1. The van der Waals surface area contributed by atoms with E-state index in [1.807, 2.05) is 24.3 Å². The molecule has 48 heavy (non-hydrogen) atoms. The van der Waals surface area contributed by atoms with Gasteiger partial charge in [0.05, 0.1) is 14.2 Å². The molecule has 0 bridgehead atoms. The molecule has 0 aliphatic heterocycles. The van der Waals surface area contributed by atoms with Crippen LogP contribution in [0.4, 0.5) is 20.3 Å². The Bertz CT molecular complexity index is 2170. The summed E-state index contributed by atoms with van der Waals surface area (Å²) in [4.78, 5) is 31.5. The number of pyridine rings is 2.